The average Bonchev–Trinajstić information content (AvgIpc) is 3.25. The molecule has 7 heteroatoms. The van der Waals surface area contributed by atoms with Crippen LogP contribution in [0.4, 0.5) is 5.69 Å². The van der Waals surface area contributed by atoms with Gasteiger partial charge in [-0.25, -0.2) is 0 Å². The van der Waals surface area contributed by atoms with Gasteiger partial charge < -0.3 is 20.0 Å². The zero-order valence-electron chi connectivity index (χ0n) is 23.3. The lowest BCUT2D eigenvalue weighted by molar-refractivity contribution is -0.140. The number of amides is 3. The molecule has 40 heavy (non-hydrogen) atoms. The van der Waals surface area contributed by atoms with Crippen LogP contribution >= 0.6 is 0 Å². The second-order valence-corrected chi connectivity index (χ2v) is 10.8. The molecule has 0 aromatic heterocycles. The van der Waals surface area contributed by atoms with Gasteiger partial charge in [-0.15, -0.1) is 0 Å². The molecular formula is C33H38N4O3. The highest BCUT2D eigenvalue weighted by molar-refractivity contribution is 5.96. The number of anilines is 1. The van der Waals surface area contributed by atoms with Crippen LogP contribution in [0.25, 0.3) is 0 Å². The lowest BCUT2D eigenvalue weighted by Gasteiger charge is -2.44. The monoisotopic (exact) mass is 538 g/mol. The molecule has 0 saturated carbocycles. The third-order valence-electron chi connectivity index (χ3n) is 8.40. The van der Waals surface area contributed by atoms with Crippen molar-refractivity contribution in [2.24, 2.45) is 0 Å². The first-order valence-electron chi connectivity index (χ1n) is 14.2. The lowest BCUT2D eigenvalue weighted by Crippen LogP contribution is -2.58. The Bertz CT molecular complexity index is 1310. The number of rotatable bonds is 8. The largest absolute Gasteiger partial charge is 0.348 e. The number of carbonyl (C=O) groups excluding carboxylic acids is 3. The third kappa shape index (κ3) is 5.46. The minimum Gasteiger partial charge on any atom is -0.348 e. The predicted molar refractivity (Wildman–Crippen MR) is 157 cm³/mol. The molecule has 1 spiro atoms. The molecule has 2 fully saturated rings. The summed E-state index contributed by atoms with van der Waals surface area (Å²) < 4.78 is 0. The fraction of sp³-hybridized carbons (Fsp3) is 0.364. The van der Waals surface area contributed by atoms with Gasteiger partial charge in [-0.1, -0.05) is 85.8 Å². The molecule has 0 bridgehead atoms. The van der Waals surface area contributed by atoms with Crippen molar-refractivity contribution in [3.63, 3.8) is 0 Å². The number of carbonyl (C=O) groups is 3. The minimum absolute atomic E-state index is 0.00431. The van der Waals surface area contributed by atoms with E-state index < -0.39 is 5.54 Å². The van der Waals surface area contributed by atoms with E-state index in [1.165, 1.54) is 0 Å². The Hall–Kier alpha value is -4.13. The number of nitrogens with zero attached hydrogens (tertiary/aromatic N) is 3. The Morgan fingerprint density at radius 1 is 0.850 bits per heavy atom. The number of likely N-dealkylation sites (tertiary alicyclic amines) is 1. The van der Waals surface area contributed by atoms with Crippen LogP contribution in [-0.4, -0.2) is 59.4 Å². The van der Waals surface area contributed by atoms with Crippen LogP contribution in [0.3, 0.4) is 0 Å². The highest BCUT2D eigenvalue weighted by Crippen LogP contribution is 2.40. The van der Waals surface area contributed by atoms with Gasteiger partial charge in [0.2, 0.25) is 11.8 Å². The summed E-state index contributed by atoms with van der Waals surface area (Å²) >= 11 is 0. The molecule has 7 nitrogen and oxygen atoms in total. The topological polar surface area (TPSA) is 73.0 Å². The van der Waals surface area contributed by atoms with E-state index in [1.807, 2.05) is 110 Å². The van der Waals surface area contributed by atoms with E-state index in [0.29, 0.717) is 32.6 Å². The average molecular weight is 539 g/mol. The number of hydrogen-bond acceptors (Lipinski definition) is 4. The van der Waals surface area contributed by atoms with Crippen molar-refractivity contribution in [3.05, 3.63) is 102 Å². The van der Waals surface area contributed by atoms with Crippen LogP contribution in [-0.2, 0) is 14.4 Å². The molecule has 208 valence electrons. The van der Waals surface area contributed by atoms with Gasteiger partial charge in [0.05, 0.1) is 18.6 Å². The number of nitrogens with one attached hydrogen (secondary N) is 1. The fourth-order valence-corrected chi connectivity index (χ4v) is 6.16. The van der Waals surface area contributed by atoms with Gasteiger partial charge >= 0.3 is 0 Å². The summed E-state index contributed by atoms with van der Waals surface area (Å²) in [4.78, 5) is 46.4. The van der Waals surface area contributed by atoms with Crippen molar-refractivity contribution >= 4 is 23.4 Å². The van der Waals surface area contributed by atoms with E-state index in [4.69, 9.17) is 0 Å². The van der Waals surface area contributed by atoms with Crippen LogP contribution in [0, 0.1) is 0 Å². The van der Waals surface area contributed by atoms with Crippen LogP contribution in [0.5, 0.6) is 0 Å². The minimum atomic E-state index is -0.780. The SMILES string of the molecule is CCC(C(=O)N1CCC2(CC1)C(=O)N(CC(=O)NC(C)c1ccccc1)CN2c1ccccc1)c1ccccc1. The predicted octanol–water partition coefficient (Wildman–Crippen LogP) is 4.73. The summed E-state index contributed by atoms with van der Waals surface area (Å²) in [5.41, 5.74) is 2.22. The molecule has 3 aromatic rings. The van der Waals surface area contributed by atoms with Crippen molar-refractivity contribution in [1.82, 2.24) is 15.1 Å². The van der Waals surface area contributed by atoms with Crippen LogP contribution in [0.15, 0.2) is 91.0 Å². The summed E-state index contributed by atoms with van der Waals surface area (Å²) in [5, 5.41) is 3.04. The second kappa shape index (κ2) is 11.9. The van der Waals surface area contributed by atoms with E-state index in [0.717, 1.165) is 23.2 Å². The number of benzene rings is 3. The number of piperidine rings is 1. The highest BCUT2D eigenvalue weighted by atomic mass is 16.2. The first-order valence-corrected chi connectivity index (χ1v) is 14.2. The third-order valence-corrected chi connectivity index (χ3v) is 8.40. The zero-order valence-corrected chi connectivity index (χ0v) is 23.3. The molecule has 0 radical (unpaired) electrons. The Balaban J connectivity index is 1.31. The summed E-state index contributed by atoms with van der Waals surface area (Å²) in [6, 6.07) is 29.5. The summed E-state index contributed by atoms with van der Waals surface area (Å²) in [6.45, 7) is 5.33. The molecule has 3 amide bonds. The van der Waals surface area contributed by atoms with Gasteiger partial charge in [0.15, 0.2) is 0 Å². The van der Waals surface area contributed by atoms with Gasteiger partial charge in [0.1, 0.15) is 12.1 Å². The second-order valence-electron chi connectivity index (χ2n) is 10.8. The van der Waals surface area contributed by atoms with Crippen molar-refractivity contribution in [2.45, 2.75) is 50.6 Å². The molecule has 1 N–H and O–H groups in total. The lowest BCUT2D eigenvalue weighted by atomic mass is 9.84. The Morgan fingerprint density at radius 2 is 1.40 bits per heavy atom. The number of hydrogen-bond donors (Lipinski definition) is 1. The molecule has 2 aliphatic rings. The molecule has 2 heterocycles. The van der Waals surface area contributed by atoms with E-state index in [-0.39, 0.29) is 36.2 Å². The van der Waals surface area contributed by atoms with Crippen molar-refractivity contribution in [3.8, 4) is 0 Å². The normalized spacial score (nSPS) is 18.1. The van der Waals surface area contributed by atoms with Gasteiger partial charge in [0.25, 0.3) is 5.91 Å². The summed E-state index contributed by atoms with van der Waals surface area (Å²) in [7, 11) is 0. The Labute approximate surface area is 236 Å². The highest BCUT2D eigenvalue weighted by Gasteiger charge is 2.54. The van der Waals surface area contributed by atoms with Crippen LogP contribution < -0.4 is 10.2 Å². The Kier molecular flexibility index (Phi) is 8.19. The van der Waals surface area contributed by atoms with Gasteiger partial charge in [-0.3, -0.25) is 14.4 Å². The molecule has 2 unspecified atom stereocenters. The molecule has 0 aliphatic carbocycles. The molecule has 5 rings (SSSR count). The molecule has 2 saturated heterocycles. The summed E-state index contributed by atoms with van der Waals surface area (Å²) in [6.07, 6.45) is 1.77. The molecule has 3 aromatic carbocycles. The van der Waals surface area contributed by atoms with Crippen molar-refractivity contribution < 1.29 is 14.4 Å². The first kappa shape index (κ1) is 27.4. The molecular weight excluding hydrogens is 500 g/mol. The van der Waals surface area contributed by atoms with E-state index in [2.05, 4.69) is 10.2 Å². The van der Waals surface area contributed by atoms with Gasteiger partial charge in [-0.05, 0) is 49.4 Å². The van der Waals surface area contributed by atoms with Gasteiger partial charge in [0, 0.05) is 18.8 Å². The zero-order chi connectivity index (χ0) is 28.1. The quantitative estimate of drug-likeness (QED) is 0.450. The fourth-order valence-electron chi connectivity index (χ4n) is 6.16. The van der Waals surface area contributed by atoms with Crippen LogP contribution in [0.1, 0.15) is 56.2 Å². The van der Waals surface area contributed by atoms with Crippen molar-refractivity contribution in [1.29, 1.82) is 0 Å². The molecule has 2 atom stereocenters. The van der Waals surface area contributed by atoms with E-state index >= 15 is 0 Å². The maximum atomic E-state index is 14.0. The standard InChI is InChI=1S/C33H38N4O3/c1-3-29(27-15-9-5-10-16-27)31(39)35-21-19-33(20-22-35)32(40)36(24-37(33)28-17-11-6-12-18-28)23-30(38)34-25(2)26-13-7-4-8-14-26/h4-18,25,29H,3,19-24H2,1-2H3,(H,34,38). The van der Waals surface area contributed by atoms with E-state index in [1.54, 1.807) is 4.90 Å². The number of para-hydroxylation sites is 1. The van der Waals surface area contributed by atoms with E-state index in [9.17, 15) is 14.4 Å². The summed E-state index contributed by atoms with van der Waals surface area (Å²) in [5.74, 6) is -0.296. The molecule has 2 aliphatic heterocycles. The maximum Gasteiger partial charge on any atom is 0.250 e. The Morgan fingerprint density at radius 3 is 1.98 bits per heavy atom. The van der Waals surface area contributed by atoms with Gasteiger partial charge in [-0.2, -0.15) is 0 Å². The maximum absolute atomic E-state index is 14.0. The van der Waals surface area contributed by atoms with Crippen LogP contribution in [0.2, 0.25) is 0 Å². The first-order chi connectivity index (χ1) is 19.4. The smallest absolute Gasteiger partial charge is 0.250 e. The van der Waals surface area contributed by atoms with Crippen molar-refractivity contribution in [2.75, 3.05) is 31.2 Å².